The molecule has 1 aliphatic rings. The summed E-state index contributed by atoms with van der Waals surface area (Å²) >= 11 is 1.69. The van der Waals surface area contributed by atoms with Gasteiger partial charge in [0.2, 0.25) is 0 Å². The van der Waals surface area contributed by atoms with Crippen LogP contribution in [0.5, 0.6) is 0 Å². The van der Waals surface area contributed by atoms with Crippen LogP contribution in [-0.4, -0.2) is 42.0 Å². The molecule has 1 amide bonds. The van der Waals surface area contributed by atoms with Gasteiger partial charge in [-0.1, -0.05) is 29.5 Å². The van der Waals surface area contributed by atoms with Crippen molar-refractivity contribution in [2.75, 3.05) is 31.1 Å². The zero-order valence-electron chi connectivity index (χ0n) is 13.9. The van der Waals surface area contributed by atoms with Crippen molar-refractivity contribution >= 4 is 32.6 Å². The van der Waals surface area contributed by atoms with Gasteiger partial charge in [0.05, 0.1) is 10.2 Å². The lowest BCUT2D eigenvalue weighted by molar-refractivity contribution is 0.0746. The van der Waals surface area contributed by atoms with Crippen LogP contribution in [0.1, 0.15) is 15.9 Å². The second-order valence-electron chi connectivity index (χ2n) is 6.21. The summed E-state index contributed by atoms with van der Waals surface area (Å²) < 4.78 is 14.5. The summed E-state index contributed by atoms with van der Waals surface area (Å²) in [5, 5.41) is 1.00. The van der Waals surface area contributed by atoms with E-state index in [0.29, 0.717) is 18.7 Å². The topological polar surface area (TPSA) is 36.4 Å². The number of hydrogen-bond donors (Lipinski definition) is 0. The lowest BCUT2D eigenvalue weighted by atomic mass is 10.2. The van der Waals surface area contributed by atoms with E-state index in [-0.39, 0.29) is 11.7 Å². The minimum Gasteiger partial charge on any atom is -0.345 e. The lowest BCUT2D eigenvalue weighted by Crippen LogP contribution is -2.48. The number of halogens is 1. The third kappa shape index (κ3) is 3.09. The maximum absolute atomic E-state index is 13.3. The number of piperazine rings is 1. The Kier molecular flexibility index (Phi) is 4.13. The molecule has 1 aliphatic heterocycles. The number of amides is 1. The molecular formula is C19H18FN3OS. The maximum atomic E-state index is 13.3. The number of hydrogen-bond acceptors (Lipinski definition) is 4. The highest BCUT2D eigenvalue weighted by Crippen LogP contribution is 2.31. The second kappa shape index (κ2) is 6.44. The average molecular weight is 355 g/mol. The standard InChI is InChI=1S/C19H18FN3OS/c1-13-4-2-7-16-17(13)21-19(25-16)23-10-8-22(9-11-23)18(24)14-5-3-6-15(20)12-14/h2-7,12H,8-11H2,1H3. The van der Waals surface area contributed by atoms with Gasteiger partial charge in [-0.2, -0.15) is 0 Å². The molecule has 0 N–H and O–H groups in total. The molecule has 4 nitrogen and oxygen atoms in total. The molecule has 1 fully saturated rings. The zero-order valence-corrected chi connectivity index (χ0v) is 14.7. The van der Waals surface area contributed by atoms with E-state index < -0.39 is 0 Å². The van der Waals surface area contributed by atoms with Gasteiger partial charge < -0.3 is 9.80 Å². The van der Waals surface area contributed by atoms with Gasteiger partial charge in [-0.15, -0.1) is 0 Å². The molecule has 0 radical (unpaired) electrons. The quantitative estimate of drug-likeness (QED) is 0.703. The van der Waals surface area contributed by atoms with Crippen molar-refractivity contribution < 1.29 is 9.18 Å². The minimum atomic E-state index is -0.380. The number of para-hydroxylation sites is 1. The molecule has 0 aliphatic carbocycles. The maximum Gasteiger partial charge on any atom is 0.254 e. The summed E-state index contributed by atoms with van der Waals surface area (Å²) in [7, 11) is 0. The zero-order chi connectivity index (χ0) is 17.4. The number of aromatic nitrogens is 1. The van der Waals surface area contributed by atoms with Gasteiger partial charge in [0.15, 0.2) is 5.13 Å². The summed E-state index contributed by atoms with van der Waals surface area (Å²) in [5.74, 6) is -0.492. The smallest absolute Gasteiger partial charge is 0.254 e. The molecule has 6 heteroatoms. The molecule has 1 saturated heterocycles. The number of thiazole rings is 1. The molecule has 0 saturated carbocycles. The largest absolute Gasteiger partial charge is 0.345 e. The van der Waals surface area contributed by atoms with Crippen molar-refractivity contribution in [3.63, 3.8) is 0 Å². The van der Waals surface area contributed by atoms with Crippen LogP contribution in [0.3, 0.4) is 0 Å². The predicted octanol–water partition coefficient (Wildman–Crippen LogP) is 3.71. The molecule has 0 spiro atoms. The third-order valence-corrected chi connectivity index (χ3v) is 5.60. The van der Waals surface area contributed by atoms with Crippen LogP contribution in [0, 0.1) is 12.7 Å². The van der Waals surface area contributed by atoms with E-state index in [1.165, 1.54) is 22.4 Å². The molecule has 0 atom stereocenters. The monoisotopic (exact) mass is 355 g/mol. The normalized spacial score (nSPS) is 15.0. The number of aryl methyl sites for hydroxylation is 1. The highest BCUT2D eigenvalue weighted by atomic mass is 32.1. The molecule has 0 unspecified atom stereocenters. The van der Waals surface area contributed by atoms with Crippen LogP contribution >= 0.6 is 11.3 Å². The summed E-state index contributed by atoms with van der Waals surface area (Å²) in [6, 6.07) is 12.1. The van der Waals surface area contributed by atoms with Crippen LogP contribution in [-0.2, 0) is 0 Å². The van der Waals surface area contributed by atoms with Gasteiger partial charge in [-0.05, 0) is 36.8 Å². The SMILES string of the molecule is Cc1cccc2sc(N3CCN(C(=O)c4cccc(F)c4)CC3)nc12. The first-order valence-corrected chi connectivity index (χ1v) is 9.09. The Labute approximate surface area is 149 Å². The molecule has 25 heavy (non-hydrogen) atoms. The highest BCUT2D eigenvalue weighted by molar-refractivity contribution is 7.22. The summed E-state index contributed by atoms with van der Waals surface area (Å²) in [6.07, 6.45) is 0. The predicted molar refractivity (Wildman–Crippen MR) is 98.9 cm³/mol. The Bertz CT molecular complexity index is 931. The van der Waals surface area contributed by atoms with Crippen LogP contribution in [0.15, 0.2) is 42.5 Å². The van der Waals surface area contributed by atoms with Crippen molar-refractivity contribution in [2.24, 2.45) is 0 Å². The van der Waals surface area contributed by atoms with Gasteiger partial charge in [-0.3, -0.25) is 4.79 Å². The van der Waals surface area contributed by atoms with E-state index >= 15 is 0 Å². The van der Waals surface area contributed by atoms with E-state index in [9.17, 15) is 9.18 Å². The molecule has 1 aromatic heterocycles. The van der Waals surface area contributed by atoms with Crippen molar-refractivity contribution in [1.29, 1.82) is 0 Å². The van der Waals surface area contributed by atoms with E-state index in [1.807, 2.05) is 0 Å². The summed E-state index contributed by atoms with van der Waals surface area (Å²) in [4.78, 5) is 21.3. The Hall–Kier alpha value is -2.47. The van der Waals surface area contributed by atoms with Gasteiger partial charge >= 0.3 is 0 Å². The van der Waals surface area contributed by atoms with E-state index in [1.54, 1.807) is 28.4 Å². The van der Waals surface area contributed by atoms with E-state index in [4.69, 9.17) is 4.98 Å². The number of carbonyl (C=O) groups is 1. The first-order chi connectivity index (χ1) is 12.1. The molecule has 2 heterocycles. The van der Waals surface area contributed by atoms with Gasteiger partial charge in [0.1, 0.15) is 5.82 Å². The first-order valence-electron chi connectivity index (χ1n) is 8.28. The van der Waals surface area contributed by atoms with Gasteiger partial charge in [-0.25, -0.2) is 9.37 Å². The molecular weight excluding hydrogens is 337 g/mol. The van der Waals surface area contributed by atoms with Crippen LogP contribution < -0.4 is 4.90 Å². The van der Waals surface area contributed by atoms with Gasteiger partial charge in [0, 0.05) is 31.7 Å². The molecule has 128 valence electrons. The van der Waals surface area contributed by atoms with Crippen molar-refractivity contribution in [2.45, 2.75) is 6.92 Å². The van der Waals surface area contributed by atoms with Crippen molar-refractivity contribution in [3.8, 4) is 0 Å². The van der Waals surface area contributed by atoms with Crippen LogP contribution in [0.4, 0.5) is 9.52 Å². The van der Waals surface area contributed by atoms with E-state index in [0.717, 1.165) is 23.7 Å². The Balaban J connectivity index is 1.47. The number of carbonyl (C=O) groups excluding carboxylic acids is 1. The number of rotatable bonds is 2. The number of anilines is 1. The lowest BCUT2D eigenvalue weighted by Gasteiger charge is -2.34. The van der Waals surface area contributed by atoms with E-state index in [2.05, 4.69) is 30.0 Å². The van der Waals surface area contributed by atoms with Crippen molar-refractivity contribution in [3.05, 3.63) is 59.4 Å². The third-order valence-electron chi connectivity index (χ3n) is 4.52. The molecule has 3 aromatic rings. The average Bonchev–Trinajstić information content (AvgIpc) is 3.07. The fraction of sp³-hybridized carbons (Fsp3) is 0.263. The van der Waals surface area contributed by atoms with Gasteiger partial charge in [0.25, 0.3) is 5.91 Å². The minimum absolute atomic E-state index is 0.112. The Morgan fingerprint density at radius 1 is 1.12 bits per heavy atom. The fourth-order valence-corrected chi connectivity index (χ4v) is 4.21. The summed E-state index contributed by atoms with van der Waals surface area (Å²) in [6.45, 7) is 4.77. The Morgan fingerprint density at radius 3 is 2.60 bits per heavy atom. The summed E-state index contributed by atoms with van der Waals surface area (Å²) in [5.41, 5.74) is 2.64. The number of nitrogens with zero attached hydrogens (tertiary/aromatic N) is 3. The molecule has 2 aromatic carbocycles. The van der Waals surface area contributed by atoms with Crippen molar-refractivity contribution in [1.82, 2.24) is 9.88 Å². The molecule has 4 rings (SSSR count). The van der Waals surface area contributed by atoms with Crippen LogP contribution in [0.25, 0.3) is 10.2 Å². The molecule has 0 bridgehead atoms. The fourth-order valence-electron chi connectivity index (χ4n) is 3.11. The number of fused-ring (bicyclic) bond motifs is 1. The number of benzene rings is 2. The Morgan fingerprint density at radius 2 is 1.88 bits per heavy atom. The van der Waals surface area contributed by atoms with Crippen LogP contribution in [0.2, 0.25) is 0 Å². The highest BCUT2D eigenvalue weighted by Gasteiger charge is 2.24. The first kappa shape index (κ1) is 16.0. The second-order valence-corrected chi connectivity index (χ2v) is 7.22.